The van der Waals surface area contributed by atoms with E-state index in [0.29, 0.717) is 11.4 Å². The van der Waals surface area contributed by atoms with Crippen LogP contribution >= 0.6 is 27.5 Å². The van der Waals surface area contributed by atoms with Crippen LogP contribution in [0.4, 0.5) is 0 Å². The molecule has 1 unspecified atom stereocenters. The first-order valence-corrected chi connectivity index (χ1v) is 6.88. The Hall–Kier alpha value is -0.830. The van der Waals surface area contributed by atoms with Gasteiger partial charge in [0.25, 0.3) is 0 Å². The second-order valence-electron chi connectivity index (χ2n) is 4.55. The van der Waals surface area contributed by atoms with Gasteiger partial charge in [-0.2, -0.15) is 0 Å². The third-order valence-electron chi connectivity index (χ3n) is 2.96. The van der Waals surface area contributed by atoms with Gasteiger partial charge >= 0.3 is 0 Å². The summed E-state index contributed by atoms with van der Waals surface area (Å²) in [5.74, 6) is 0. The molecular weight excluding hydrogens is 312 g/mol. The number of hydrogen-bond acceptors (Lipinski definition) is 1. The summed E-state index contributed by atoms with van der Waals surface area (Å²) >= 11 is 9.36. The van der Waals surface area contributed by atoms with Crippen LogP contribution in [0.5, 0.6) is 0 Å². The molecule has 0 aliphatic carbocycles. The van der Waals surface area contributed by atoms with E-state index in [1.807, 2.05) is 43.3 Å². The summed E-state index contributed by atoms with van der Waals surface area (Å²) in [5, 5.41) is 11.3. The first-order chi connectivity index (χ1) is 8.49. The Morgan fingerprint density at radius 2 is 1.72 bits per heavy atom. The standard InChI is InChI=1S/C15H14BrClO/c1-15(18,12-6-8-13(17)9-7-12)10-11-4-2-3-5-14(11)16/h2-9,18H,10H2,1H3. The molecule has 0 aliphatic rings. The van der Waals surface area contributed by atoms with E-state index in [0.717, 1.165) is 15.6 Å². The van der Waals surface area contributed by atoms with Crippen LogP contribution in [0.15, 0.2) is 53.0 Å². The smallest absolute Gasteiger partial charge is 0.0909 e. The lowest BCUT2D eigenvalue weighted by Gasteiger charge is -2.24. The van der Waals surface area contributed by atoms with Crippen LogP contribution in [-0.2, 0) is 12.0 Å². The van der Waals surface area contributed by atoms with Crippen LogP contribution in [0.1, 0.15) is 18.1 Å². The predicted octanol–water partition coefficient (Wildman–Crippen LogP) is 4.55. The number of benzene rings is 2. The van der Waals surface area contributed by atoms with Gasteiger partial charge in [-0.25, -0.2) is 0 Å². The highest BCUT2D eigenvalue weighted by Gasteiger charge is 2.24. The molecule has 1 N–H and O–H groups in total. The third-order valence-corrected chi connectivity index (χ3v) is 3.98. The molecule has 1 nitrogen and oxygen atoms in total. The number of rotatable bonds is 3. The summed E-state index contributed by atoms with van der Waals surface area (Å²) in [4.78, 5) is 0. The molecule has 2 aromatic rings. The second kappa shape index (κ2) is 5.43. The summed E-state index contributed by atoms with van der Waals surface area (Å²) in [5.41, 5.74) is 1.04. The average molecular weight is 326 g/mol. The van der Waals surface area contributed by atoms with Gasteiger partial charge in [-0.15, -0.1) is 0 Å². The molecule has 0 heterocycles. The highest BCUT2D eigenvalue weighted by atomic mass is 79.9. The molecule has 0 aliphatic heterocycles. The summed E-state index contributed by atoms with van der Waals surface area (Å²) in [6, 6.07) is 15.2. The van der Waals surface area contributed by atoms with Gasteiger partial charge in [0.15, 0.2) is 0 Å². The molecule has 0 fully saturated rings. The summed E-state index contributed by atoms with van der Waals surface area (Å²) in [6.45, 7) is 1.82. The Morgan fingerprint density at radius 3 is 2.33 bits per heavy atom. The molecule has 0 spiro atoms. The fraction of sp³-hybridized carbons (Fsp3) is 0.200. The first-order valence-electron chi connectivity index (χ1n) is 5.71. The number of halogens is 2. The maximum atomic E-state index is 10.6. The molecule has 0 bridgehead atoms. The molecule has 1 atom stereocenters. The fourth-order valence-electron chi connectivity index (χ4n) is 1.92. The van der Waals surface area contributed by atoms with Gasteiger partial charge in [0.2, 0.25) is 0 Å². The van der Waals surface area contributed by atoms with Gasteiger partial charge in [-0.3, -0.25) is 0 Å². The maximum Gasteiger partial charge on any atom is 0.0909 e. The maximum absolute atomic E-state index is 10.6. The van der Waals surface area contributed by atoms with Crippen LogP contribution < -0.4 is 0 Å². The molecule has 0 radical (unpaired) electrons. The van der Waals surface area contributed by atoms with Gasteiger partial charge < -0.3 is 5.11 Å². The third kappa shape index (κ3) is 3.14. The first kappa shape index (κ1) is 13.6. The van der Waals surface area contributed by atoms with Gasteiger partial charge in [0.05, 0.1) is 5.60 Å². The largest absolute Gasteiger partial charge is 0.385 e. The quantitative estimate of drug-likeness (QED) is 0.877. The van der Waals surface area contributed by atoms with E-state index in [9.17, 15) is 5.11 Å². The van der Waals surface area contributed by atoms with Crippen molar-refractivity contribution in [2.75, 3.05) is 0 Å². The molecule has 0 amide bonds. The van der Waals surface area contributed by atoms with E-state index in [1.165, 1.54) is 0 Å². The average Bonchev–Trinajstić information content (AvgIpc) is 2.32. The molecule has 0 saturated carbocycles. The highest BCUT2D eigenvalue weighted by molar-refractivity contribution is 9.10. The zero-order valence-corrected chi connectivity index (χ0v) is 12.4. The van der Waals surface area contributed by atoms with Crippen molar-refractivity contribution in [3.05, 3.63) is 69.2 Å². The molecule has 18 heavy (non-hydrogen) atoms. The van der Waals surface area contributed by atoms with Crippen LogP contribution in [-0.4, -0.2) is 5.11 Å². The predicted molar refractivity (Wildman–Crippen MR) is 78.9 cm³/mol. The van der Waals surface area contributed by atoms with Crippen molar-refractivity contribution in [2.24, 2.45) is 0 Å². The lowest BCUT2D eigenvalue weighted by Crippen LogP contribution is -2.24. The molecule has 3 heteroatoms. The van der Waals surface area contributed by atoms with Crippen molar-refractivity contribution in [1.82, 2.24) is 0 Å². The van der Waals surface area contributed by atoms with E-state index in [4.69, 9.17) is 11.6 Å². The normalized spacial score (nSPS) is 14.2. The van der Waals surface area contributed by atoms with Crippen LogP contribution in [0.25, 0.3) is 0 Å². The van der Waals surface area contributed by atoms with E-state index < -0.39 is 5.60 Å². The van der Waals surface area contributed by atoms with Crippen molar-refractivity contribution in [3.8, 4) is 0 Å². The molecule has 0 aromatic heterocycles. The van der Waals surface area contributed by atoms with E-state index in [-0.39, 0.29) is 0 Å². The second-order valence-corrected chi connectivity index (χ2v) is 5.84. The van der Waals surface area contributed by atoms with Crippen LogP contribution in [0.3, 0.4) is 0 Å². The van der Waals surface area contributed by atoms with Crippen molar-refractivity contribution >= 4 is 27.5 Å². The topological polar surface area (TPSA) is 20.2 Å². The Labute approximate surface area is 121 Å². The van der Waals surface area contributed by atoms with Gasteiger partial charge in [0.1, 0.15) is 0 Å². The van der Waals surface area contributed by atoms with Crippen LogP contribution in [0.2, 0.25) is 5.02 Å². The molecule has 94 valence electrons. The summed E-state index contributed by atoms with van der Waals surface area (Å²) in [7, 11) is 0. The molecular formula is C15H14BrClO. The SMILES string of the molecule is CC(O)(Cc1ccccc1Br)c1ccc(Cl)cc1. The van der Waals surface area contributed by atoms with Crippen LogP contribution in [0, 0.1) is 0 Å². The van der Waals surface area contributed by atoms with E-state index in [1.54, 1.807) is 12.1 Å². The minimum Gasteiger partial charge on any atom is -0.385 e. The number of aliphatic hydroxyl groups is 1. The summed E-state index contributed by atoms with van der Waals surface area (Å²) in [6.07, 6.45) is 0.552. The minimum absolute atomic E-state index is 0.552. The number of hydrogen-bond donors (Lipinski definition) is 1. The molecule has 2 rings (SSSR count). The van der Waals surface area contributed by atoms with E-state index >= 15 is 0 Å². The molecule has 2 aromatic carbocycles. The van der Waals surface area contributed by atoms with Crippen molar-refractivity contribution in [3.63, 3.8) is 0 Å². The van der Waals surface area contributed by atoms with Gasteiger partial charge in [0, 0.05) is 15.9 Å². The zero-order chi connectivity index (χ0) is 13.2. The van der Waals surface area contributed by atoms with Crippen molar-refractivity contribution in [1.29, 1.82) is 0 Å². The van der Waals surface area contributed by atoms with Gasteiger partial charge in [-0.1, -0.05) is 57.9 Å². The zero-order valence-electron chi connectivity index (χ0n) is 10.0. The molecule has 0 saturated heterocycles. The Morgan fingerprint density at radius 1 is 1.11 bits per heavy atom. The monoisotopic (exact) mass is 324 g/mol. The Kier molecular flexibility index (Phi) is 4.10. The fourth-order valence-corrected chi connectivity index (χ4v) is 2.47. The Bertz CT molecular complexity index is 534. The minimum atomic E-state index is -0.908. The Balaban J connectivity index is 2.27. The lowest BCUT2D eigenvalue weighted by molar-refractivity contribution is 0.0574. The van der Waals surface area contributed by atoms with Crippen molar-refractivity contribution in [2.45, 2.75) is 18.9 Å². The van der Waals surface area contributed by atoms with E-state index in [2.05, 4.69) is 15.9 Å². The summed E-state index contributed by atoms with van der Waals surface area (Å²) < 4.78 is 1.01. The van der Waals surface area contributed by atoms with Gasteiger partial charge in [-0.05, 0) is 36.2 Å². The van der Waals surface area contributed by atoms with Crippen molar-refractivity contribution < 1.29 is 5.11 Å². The highest BCUT2D eigenvalue weighted by Crippen LogP contribution is 2.29. The lowest BCUT2D eigenvalue weighted by atomic mass is 9.89.